The van der Waals surface area contributed by atoms with E-state index in [-0.39, 0.29) is 29.8 Å². The Kier molecular flexibility index (Phi) is 9.58. The number of likely N-dealkylation sites (N-methyl/N-ethyl adjacent to an activating group) is 1. The van der Waals surface area contributed by atoms with Gasteiger partial charge in [-0.15, -0.1) is 5.10 Å². The zero-order valence-corrected chi connectivity index (χ0v) is 18.3. The number of nitrogens with one attached hydrogen (secondary N) is 3. The number of rotatable bonds is 7. The first-order valence-corrected chi connectivity index (χ1v) is 10.2. The number of nitrogens with zero attached hydrogens (tertiary/aromatic N) is 2. The number of carbonyl (C=O) groups excluding carboxylic acids is 3. The number of aromatic nitrogens is 2. The van der Waals surface area contributed by atoms with Gasteiger partial charge in [0.05, 0.1) is 6.54 Å². The Morgan fingerprint density at radius 2 is 1.75 bits per heavy atom. The third kappa shape index (κ3) is 7.35. The lowest BCUT2D eigenvalue weighted by atomic mass is 10.1. The average molecular weight is 438 g/mol. The van der Waals surface area contributed by atoms with Crippen molar-refractivity contribution in [2.45, 2.75) is 26.8 Å². The van der Waals surface area contributed by atoms with Crippen molar-refractivity contribution >= 4 is 17.7 Å². The molecule has 3 amide bonds. The van der Waals surface area contributed by atoms with E-state index in [0.29, 0.717) is 12.3 Å². The van der Waals surface area contributed by atoms with E-state index in [4.69, 9.17) is 4.42 Å². The fourth-order valence-electron chi connectivity index (χ4n) is 2.48. The minimum atomic E-state index is -0.479. The van der Waals surface area contributed by atoms with Crippen molar-refractivity contribution in [3.63, 3.8) is 0 Å². The topological polar surface area (TPSA) is 126 Å². The molecule has 9 heteroatoms. The molecule has 1 aromatic carbocycles. The maximum Gasteiger partial charge on any atom is 0.287 e. The maximum absolute atomic E-state index is 12.1. The zero-order chi connectivity index (χ0) is 23.3. The standard InChI is InChI=1S/C20H19N5O4.C3H8/c1-21-18(26)12-23-20(28)17-8-7-16(29-17)14-5-2-4-13(10-14)11-22-19(27)15-6-3-9-24-25-15;1-3-2/h2-10H,11-12H2,1H3,(H,21,26)(H,22,27)(H,23,28);3H2,1-2H3. The minimum absolute atomic E-state index is 0.102. The van der Waals surface area contributed by atoms with Gasteiger partial charge in [0.15, 0.2) is 11.5 Å². The molecule has 0 radical (unpaired) electrons. The molecule has 0 spiro atoms. The van der Waals surface area contributed by atoms with E-state index in [0.717, 1.165) is 11.1 Å². The number of carbonyl (C=O) groups is 3. The molecule has 0 atom stereocenters. The van der Waals surface area contributed by atoms with Gasteiger partial charge in [0.1, 0.15) is 5.76 Å². The highest BCUT2D eigenvalue weighted by Gasteiger charge is 2.13. The van der Waals surface area contributed by atoms with Gasteiger partial charge < -0.3 is 20.4 Å². The average Bonchev–Trinajstić information content (AvgIpc) is 3.32. The quantitative estimate of drug-likeness (QED) is 0.521. The minimum Gasteiger partial charge on any atom is -0.451 e. The van der Waals surface area contributed by atoms with Crippen molar-refractivity contribution in [1.29, 1.82) is 0 Å². The second-order valence-corrected chi connectivity index (χ2v) is 6.72. The molecule has 2 heterocycles. The lowest BCUT2D eigenvalue weighted by Crippen LogP contribution is -2.34. The fraction of sp³-hybridized carbons (Fsp3) is 0.261. The monoisotopic (exact) mass is 437 g/mol. The first kappa shape index (κ1) is 24.3. The highest BCUT2D eigenvalue weighted by Crippen LogP contribution is 2.23. The van der Waals surface area contributed by atoms with Crippen LogP contribution in [0.4, 0.5) is 0 Å². The number of hydrogen-bond acceptors (Lipinski definition) is 6. The number of amides is 3. The Morgan fingerprint density at radius 3 is 2.44 bits per heavy atom. The molecule has 0 bridgehead atoms. The van der Waals surface area contributed by atoms with Crippen LogP contribution in [-0.2, 0) is 11.3 Å². The smallest absolute Gasteiger partial charge is 0.287 e. The van der Waals surface area contributed by atoms with Crippen molar-refractivity contribution in [2.24, 2.45) is 0 Å². The molecule has 0 unspecified atom stereocenters. The molecule has 3 N–H and O–H groups in total. The van der Waals surface area contributed by atoms with Crippen LogP contribution in [-0.4, -0.2) is 41.5 Å². The van der Waals surface area contributed by atoms with Gasteiger partial charge in [0.25, 0.3) is 11.8 Å². The van der Waals surface area contributed by atoms with E-state index < -0.39 is 5.91 Å². The molecule has 0 saturated heterocycles. The molecule has 32 heavy (non-hydrogen) atoms. The van der Waals surface area contributed by atoms with Crippen LogP contribution in [0.15, 0.2) is 59.1 Å². The van der Waals surface area contributed by atoms with Gasteiger partial charge in [-0.2, -0.15) is 5.10 Å². The lowest BCUT2D eigenvalue weighted by Gasteiger charge is -2.06. The summed E-state index contributed by atoms with van der Waals surface area (Å²) in [5.41, 5.74) is 1.84. The van der Waals surface area contributed by atoms with Crippen molar-refractivity contribution in [3.05, 3.63) is 71.7 Å². The van der Waals surface area contributed by atoms with Crippen molar-refractivity contribution in [1.82, 2.24) is 26.1 Å². The van der Waals surface area contributed by atoms with E-state index in [1.165, 1.54) is 25.7 Å². The predicted molar refractivity (Wildman–Crippen MR) is 120 cm³/mol. The maximum atomic E-state index is 12.1. The SMILES string of the molecule is CCC.CNC(=O)CNC(=O)c1ccc(-c2cccc(CNC(=O)c3cccnn3)c2)o1. The van der Waals surface area contributed by atoms with Gasteiger partial charge in [-0.05, 0) is 35.9 Å². The summed E-state index contributed by atoms with van der Waals surface area (Å²) >= 11 is 0. The molecule has 3 rings (SSSR count). The Labute approximate surface area is 186 Å². The van der Waals surface area contributed by atoms with E-state index in [2.05, 4.69) is 40.0 Å². The van der Waals surface area contributed by atoms with Crippen LogP contribution in [0.25, 0.3) is 11.3 Å². The summed E-state index contributed by atoms with van der Waals surface area (Å²) in [5, 5.41) is 15.1. The summed E-state index contributed by atoms with van der Waals surface area (Å²) in [4.78, 5) is 35.3. The highest BCUT2D eigenvalue weighted by molar-refractivity contribution is 5.94. The highest BCUT2D eigenvalue weighted by atomic mass is 16.3. The molecule has 168 valence electrons. The van der Waals surface area contributed by atoms with Crippen LogP contribution in [0.1, 0.15) is 46.9 Å². The summed E-state index contributed by atoms with van der Waals surface area (Å²) in [5.74, 6) is -0.507. The Morgan fingerprint density at radius 1 is 0.969 bits per heavy atom. The van der Waals surface area contributed by atoms with Gasteiger partial charge in [-0.3, -0.25) is 14.4 Å². The lowest BCUT2D eigenvalue weighted by molar-refractivity contribution is -0.119. The van der Waals surface area contributed by atoms with Gasteiger partial charge in [0.2, 0.25) is 5.91 Å². The van der Waals surface area contributed by atoms with Crippen LogP contribution in [0.3, 0.4) is 0 Å². The molecular formula is C23H27N5O4. The Balaban J connectivity index is 0.00000114. The van der Waals surface area contributed by atoms with E-state index in [9.17, 15) is 14.4 Å². The molecular weight excluding hydrogens is 410 g/mol. The molecule has 3 aromatic rings. The Bertz CT molecular complexity index is 1030. The molecule has 0 aliphatic carbocycles. The van der Waals surface area contributed by atoms with Gasteiger partial charge >= 0.3 is 0 Å². The number of benzene rings is 1. The van der Waals surface area contributed by atoms with Crippen molar-refractivity contribution in [2.75, 3.05) is 13.6 Å². The second-order valence-electron chi connectivity index (χ2n) is 6.72. The van der Waals surface area contributed by atoms with E-state index in [1.54, 1.807) is 18.2 Å². The van der Waals surface area contributed by atoms with Crippen molar-refractivity contribution in [3.8, 4) is 11.3 Å². The normalized spacial score (nSPS) is 9.84. The van der Waals surface area contributed by atoms with E-state index >= 15 is 0 Å². The van der Waals surface area contributed by atoms with Gasteiger partial charge in [-0.1, -0.05) is 38.5 Å². The summed E-state index contributed by atoms with van der Waals surface area (Å²) in [6, 6.07) is 13.8. The van der Waals surface area contributed by atoms with Crippen LogP contribution in [0.2, 0.25) is 0 Å². The summed E-state index contributed by atoms with van der Waals surface area (Å²) < 4.78 is 5.60. The largest absolute Gasteiger partial charge is 0.451 e. The first-order valence-electron chi connectivity index (χ1n) is 10.2. The van der Waals surface area contributed by atoms with Gasteiger partial charge in [-0.25, -0.2) is 0 Å². The fourth-order valence-corrected chi connectivity index (χ4v) is 2.48. The molecule has 0 saturated carbocycles. The summed E-state index contributed by atoms with van der Waals surface area (Å²) in [6.45, 7) is 4.41. The molecule has 2 aromatic heterocycles. The molecule has 9 nitrogen and oxygen atoms in total. The first-order chi connectivity index (χ1) is 15.5. The predicted octanol–water partition coefficient (Wildman–Crippen LogP) is 2.56. The molecule has 0 aliphatic heterocycles. The third-order valence-corrected chi connectivity index (χ3v) is 3.99. The Hall–Kier alpha value is -4.01. The molecule has 0 aliphatic rings. The van der Waals surface area contributed by atoms with Crippen LogP contribution in [0.5, 0.6) is 0 Å². The zero-order valence-electron chi connectivity index (χ0n) is 18.3. The molecule has 0 fully saturated rings. The van der Waals surface area contributed by atoms with Crippen LogP contribution >= 0.6 is 0 Å². The summed E-state index contributed by atoms with van der Waals surface area (Å²) in [7, 11) is 1.49. The van der Waals surface area contributed by atoms with Crippen LogP contribution < -0.4 is 16.0 Å². The van der Waals surface area contributed by atoms with E-state index in [1.807, 2.05) is 24.3 Å². The number of hydrogen-bond donors (Lipinski definition) is 3. The van der Waals surface area contributed by atoms with Crippen molar-refractivity contribution < 1.29 is 18.8 Å². The number of furan rings is 1. The third-order valence-electron chi connectivity index (χ3n) is 3.99. The van der Waals surface area contributed by atoms with Crippen LogP contribution in [0, 0.1) is 0 Å². The van der Waals surface area contributed by atoms with Gasteiger partial charge in [0, 0.05) is 25.4 Å². The summed E-state index contributed by atoms with van der Waals surface area (Å²) in [6.07, 6.45) is 2.75. The second kappa shape index (κ2) is 12.6.